The van der Waals surface area contributed by atoms with Gasteiger partial charge in [0.15, 0.2) is 0 Å². The number of aryl methyl sites for hydroxylation is 1. The quantitative estimate of drug-likeness (QED) is 0.654. The highest BCUT2D eigenvalue weighted by Crippen LogP contribution is 2.19. The third-order valence-corrected chi connectivity index (χ3v) is 4.31. The lowest BCUT2D eigenvalue weighted by Gasteiger charge is -2.11. The summed E-state index contributed by atoms with van der Waals surface area (Å²) in [5.41, 5.74) is 0.647. The molecular weight excluding hydrogens is 288 g/mol. The lowest BCUT2D eigenvalue weighted by atomic mass is 10.2. The summed E-state index contributed by atoms with van der Waals surface area (Å²) in [6, 6.07) is 4.76. The average Bonchev–Trinajstić information content (AvgIpc) is 2.31. The normalized spacial score (nSPS) is 13.5. The van der Waals surface area contributed by atoms with Crippen LogP contribution in [0.1, 0.15) is 12.5 Å². The lowest BCUT2D eigenvalue weighted by Crippen LogP contribution is -2.34. The van der Waals surface area contributed by atoms with Crippen molar-refractivity contribution >= 4 is 21.6 Å². The van der Waals surface area contributed by atoms with Crippen LogP contribution in [0.2, 0.25) is 5.02 Å². The zero-order valence-corrected chi connectivity index (χ0v) is 12.6. The van der Waals surface area contributed by atoms with Crippen molar-refractivity contribution in [1.29, 1.82) is 0 Å². The van der Waals surface area contributed by atoms with Gasteiger partial charge < -0.3 is 10.4 Å². The van der Waals surface area contributed by atoms with Crippen LogP contribution in [0.25, 0.3) is 0 Å². The maximum atomic E-state index is 12.1. The molecule has 0 saturated carbocycles. The molecule has 0 saturated heterocycles. The number of aliphatic hydroxyl groups is 1. The molecule has 0 bridgehead atoms. The molecule has 0 fully saturated rings. The maximum absolute atomic E-state index is 12.1. The molecule has 19 heavy (non-hydrogen) atoms. The van der Waals surface area contributed by atoms with Gasteiger partial charge in [-0.1, -0.05) is 17.7 Å². The van der Waals surface area contributed by atoms with Crippen LogP contribution >= 0.6 is 11.6 Å². The summed E-state index contributed by atoms with van der Waals surface area (Å²) in [5, 5.41) is 12.4. The van der Waals surface area contributed by atoms with E-state index in [1.54, 1.807) is 26.0 Å². The molecule has 1 aromatic carbocycles. The minimum Gasteiger partial charge on any atom is -0.392 e. The van der Waals surface area contributed by atoms with Crippen LogP contribution in [0, 0.1) is 6.92 Å². The van der Waals surface area contributed by atoms with Crippen molar-refractivity contribution in [3.63, 3.8) is 0 Å². The van der Waals surface area contributed by atoms with Gasteiger partial charge in [-0.25, -0.2) is 13.1 Å². The molecule has 0 aliphatic carbocycles. The van der Waals surface area contributed by atoms with Crippen LogP contribution in [-0.2, 0) is 10.0 Å². The molecular formula is C12H19ClN2O3S. The molecule has 5 nitrogen and oxygen atoms in total. The topological polar surface area (TPSA) is 78.4 Å². The molecule has 1 unspecified atom stereocenters. The zero-order valence-electron chi connectivity index (χ0n) is 11.0. The second-order valence-corrected chi connectivity index (χ2v) is 6.53. The Balaban J connectivity index is 2.59. The van der Waals surface area contributed by atoms with Crippen LogP contribution in [0.4, 0.5) is 0 Å². The summed E-state index contributed by atoms with van der Waals surface area (Å²) < 4.78 is 26.6. The number of hydrogen-bond donors (Lipinski definition) is 3. The van der Waals surface area contributed by atoms with Gasteiger partial charge in [-0.05, 0) is 31.5 Å². The van der Waals surface area contributed by atoms with E-state index in [2.05, 4.69) is 10.0 Å². The summed E-state index contributed by atoms with van der Waals surface area (Å²) in [6.45, 7) is 4.51. The Bertz CT molecular complexity index is 518. The second-order valence-electron chi connectivity index (χ2n) is 4.36. The van der Waals surface area contributed by atoms with Gasteiger partial charge in [-0.3, -0.25) is 0 Å². The molecule has 1 rings (SSSR count). The largest absolute Gasteiger partial charge is 0.392 e. The molecule has 0 aromatic heterocycles. The number of halogens is 1. The van der Waals surface area contributed by atoms with E-state index in [1.807, 2.05) is 0 Å². The molecule has 0 heterocycles. The van der Waals surface area contributed by atoms with E-state index in [-0.39, 0.29) is 11.4 Å². The van der Waals surface area contributed by atoms with Crippen LogP contribution in [0.15, 0.2) is 23.1 Å². The molecule has 1 atom stereocenters. The first-order valence-electron chi connectivity index (χ1n) is 5.97. The van der Waals surface area contributed by atoms with E-state index in [0.717, 1.165) is 0 Å². The molecule has 0 aliphatic rings. The Morgan fingerprint density at radius 2 is 2.05 bits per heavy atom. The lowest BCUT2D eigenvalue weighted by molar-refractivity contribution is 0.192. The van der Waals surface area contributed by atoms with Gasteiger partial charge in [0.2, 0.25) is 10.0 Å². The van der Waals surface area contributed by atoms with Gasteiger partial charge in [-0.15, -0.1) is 0 Å². The van der Waals surface area contributed by atoms with E-state index < -0.39 is 16.1 Å². The highest BCUT2D eigenvalue weighted by molar-refractivity contribution is 7.89. The number of aliphatic hydroxyl groups excluding tert-OH is 1. The van der Waals surface area contributed by atoms with Crippen molar-refractivity contribution in [2.75, 3.05) is 19.6 Å². The summed E-state index contributed by atoms with van der Waals surface area (Å²) in [6.07, 6.45) is -0.452. The van der Waals surface area contributed by atoms with E-state index in [1.165, 1.54) is 6.07 Å². The summed E-state index contributed by atoms with van der Waals surface area (Å²) in [7, 11) is -3.55. The van der Waals surface area contributed by atoms with E-state index >= 15 is 0 Å². The van der Waals surface area contributed by atoms with Gasteiger partial charge in [0.05, 0.1) is 11.0 Å². The van der Waals surface area contributed by atoms with Gasteiger partial charge in [0.1, 0.15) is 0 Å². The molecule has 0 radical (unpaired) electrons. The smallest absolute Gasteiger partial charge is 0.240 e. The summed E-state index contributed by atoms with van der Waals surface area (Å²) >= 11 is 5.81. The van der Waals surface area contributed by atoms with Crippen molar-refractivity contribution < 1.29 is 13.5 Å². The highest BCUT2D eigenvalue weighted by atomic mass is 35.5. The molecule has 0 spiro atoms. The minimum absolute atomic E-state index is 0.190. The van der Waals surface area contributed by atoms with E-state index in [4.69, 9.17) is 16.7 Å². The molecule has 0 amide bonds. The number of rotatable bonds is 7. The van der Waals surface area contributed by atoms with Crippen molar-refractivity contribution in [2.24, 2.45) is 0 Å². The fraction of sp³-hybridized carbons (Fsp3) is 0.500. The fourth-order valence-electron chi connectivity index (χ4n) is 1.53. The molecule has 108 valence electrons. The van der Waals surface area contributed by atoms with Crippen LogP contribution in [0.5, 0.6) is 0 Å². The Labute approximate surface area is 119 Å². The maximum Gasteiger partial charge on any atom is 0.240 e. The van der Waals surface area contributed by atoms with E-state index in [0.29, 0.717) is 23.7 Å². The summed E-state index contributed by atoms with van der Waals surface area (Å²) in [5.74, 6) is 0. The van der Waals surface area contributed by atoms with Crippen molar-refractivity contribution in [3.8, 4) is 0 Å². The van der Waals surface area contributed by atoms with Crippen molar-refractivity contribution in [1.82, 2.24) is 10.0 Å². The molecule has 1 aromatic rings. The molecule has 7 heteroatoms. The highest BCUT2D eigenvalue weighted by Gasteiger charge is 2.16. The van der Waals surface area contributed by atoms with Crippen LogP contribution < -0.4 is 10.0 Å². The van der Waals surface area contributed by atoms with Gasteiger partial charge in [0.25, 0.3) is 0 Å². The summed E-state index contributed by atoms with van der Waals surface area (Å²) in [4.78, 5) is 0.190. The average molecular weight is 307 g/mol. The number of nitrogens with one attached hydrogen (secondary N) is 2. The first-order chi connectivity index (χ1) is 8.83. The standard InChI is InChI=1S/C12H19ClN2O3S/c1-9-3-4-11(13)7-12(9)19(17,18)15-6-5-14-8-10(2)16/h3-4,7,10,14-16H,5-6,8H2,1-2H3. The number of hydrogen-bond acceptors (Lipinski definition) is 4. The Morgan fingerprint density at radius 1 is 1.37 bits per heavy atom. The van der Waals surface area contributed by atoms with Crippen molar-refractivity contribution in [3.05, 3.63) is 28.8 Å². The number of sulfonamides is 1. The van der Waals surface area contributed by atoms with Crippen LogP contribution in [-0.4, -0.2) is 39.3 Å². The van der Waals surface area contributed by atoms with Gasteiger partial charge >= 0.3 is 0 Å². The minimum atomic E-state index is -3.55. The zero-order chi connectivity index (χ0) is 14.5. The second kappa shape index (κ2) is 7.21. The molecule has 0 aliphatic heterocycles. The Kier molecular flexibility index (Phi) is 6.22. The fourth-order valence-corrected chi connectivity index (χ4v) is 3.06. The Hall–Kier alpha value is -0.660. The predicted octanol–water partition coefficient (Wildman–Crippen LogP) is 0.897. The van der Waals surface area contributed by atoms with E-state index in [9.17, 15) is 8.42 Å². The van der Waals surface area contributed by atoms with Crippen molar-refractivity contribution in [2.45, 2.75) is 24.8 Å². The first-order valence-corrected chi connectivity index (χ1v) is 7.83. The third-order valence-electron chi connectivity index (χ3n) is 2.47. The monoisotopic (exact) mass is 306 g/mol. The first kappa shape index (κ1) is 16.4. The van der Waals surface area contributed by atoms with Crippen LogP contribution in [0.3, 0.4) is 0 Å². The number of benzene rings is 1. The van der Waals surface area contributed by atoms with Gasteiger partial charge in [0, 0.05) is 24.7 Å². The SMILES string of the molecule is Cc1ccc(Cl)cc1S(=O)(=O)NCCNCC(C)O. The Morgan fingerprint density at radius 3 is 2.68 bits per heavy atom. The molecule has 3 N–H and O–H groups in total. The predicted molar refractivity (Wildman–Crippen MR) is 75.9 cm³/mol. The third kappa shape index (κ3) is 5.46. The van der Waals surface area contributed by atoms with Gasteiger partial charge in [-0.2, -0.15) is 0 Å².